The van der Waals surface area contributed by atoms with Crippen molar-refractivity contribution in [1.29, 1.82) is 0 Å². The second kappa shape index (κ2) is 5.36. The van der Waals surface area contributed by atoms with E-state index < -0.39 is 10.0 Å². The van der Waals surface area contributed by atoms with Gasteiger partial charge in [-0.3, -0.25) is 0 Å². The molecular formula is C12H15ClN2O2S2. The third-order valence-corrected chi connectivity index (χ3v) is 6.09. The van der Waals surface area contributed by atoms with Crippen molar-refractivity contribution >= 4 is 38.8 Å². The van der Waals surface area contributed by atoms with Gasteiger partial charge in [-0.1, -0.05) is 36.3 Å². The van der Waals surface area contributed by atoms with Crippen LogP contribution in [-0.2, 0) is 10.0 Å². The van der Waals surface area contributed by atoms with Crippen LogP contribution in [0.1, 0.15) is 24.8 Å². The number of nitrogens with two attached hydrogens (primary N) is 1. The molecule has 0 aromatic heterocycles. The van der Waals surface area contributed by atoms with Crippen molar-refractivity contribution in [3.63, 3.8) is 0 Å². The second-order valence-electron chi connectivity index (χ2n) is 4.62. The summed E-state index contributed by atoms with van der Waals surface area (Å²) < 4.78 is 26.4. The van der Waals surface area contributed by atoms with E-state index in [-0.39, 0.29) is 20.9 Å². The van der Waals surface area contributed by atoms with Crippen LogP contribution >= 0.6 is 23.8 Å². The van der Waals surface area contributed by atoms with Gasteiger partial charge in [0.25, 0.3) is 0 Å². The topological polar surface area (TPSA) is 63.4 Å². The van der Waals surface area contributed by atoms with Gasteiger partial charge in [-0.25, -0.2) is 8.42 Å². The van der Waals surface area contributed by atoms with Crippen LogP contribution in [0.25, 0.3) is 0 Å². The highest BCUT2D eigenvalue weighted by molar-refractivity contribution is 7.89. The fourth-order valence-electron chi connectivity index (χ4n) is 1.96. The molecule has 0 atom stereocenters. The van der Waals surface area contributed by atoms with Crippen LogP contribution in [0, 0.1) is 0 Å². The molecule has 0 amide bonds. The number of sulfonamides is 1. The first-order chi connectivity index (χ1) is 8.84. The molecule has 1 aliphatic rings. The monoisotopic (exact) mass is 318 g/mol. The molecule has 0 bridgehead atoms. The average Bonchev–Trinajstić information content (AvgIpc) is 2.26. The van der Waals surface area contributed by atoms with E-state index in [0.29, 0.717) is 5.56 Å². The summed E-state index contributed by atoms with van der Waals surface area (Å²) in [4.78, 5) is 0.216. The molecular weight excluding hydrogens is 304 g/mol. The van der Waals surface area contributed by atoms with Crippen LogP contribution < -0.4 is 5.73 Å². The van der Waals surface area contributed by atoms with Crippen LogP contribution in [0.5, 0.6) is 0 Å². The van der Waals surface area contributed by atoms with Gasteiger partial charge in [-0.2, -0.15) is 4.31 Å². The maximum atomic E-state index is 12.5. The first-order valence-corrected chi connectivity index (χ1v) is 8.14. The molecule has 104 valence electrons. The van der Waals surface area contributed by atoms with Crippen LogP contribution in [0.2, 0.25) is 5.02 Å². The maximum Gasteiger partial charge on any atom is 0.244 e. The first kappa shape index (κ1) is 14.7. The lowest BCUT2D eigenvalue weighted by Crippen LogP contribution is -2.41. The number of thiocarbonyl (C=S) groups is 1. The van der Waals surface area contributed by atoms with Crippen molar-refractivity contribution in [2.75, 3.05) is 7.05 Å². The zero-order chi connectivity index (χ0) is 14.2. The Morgan fingerprint density at radius 3 is 2.58 bits per heavy atom. The van der Waals surface area contributed by atoms with Gasteiger partial charge in [0.1, 0.15) is 9.88 Å². The first-order valence-electron chi connectivity index (χ1n) is 5.91. The summed E-state index contributed by atoms with van der Waals surface area (Å²) >= 11 is 10.9. The quantitative estimate of drug-likeness (QED) is 0.864. The smallest absolute Gasteiger partial charge is 0.244 e. The van der Waals surface area contributed by atoms with Crippen molar-refractivity contribution in [3.8, 4) is 0 Å². The van der Waals surface area contributed by atoms with Gasteiger partial charge < -0.3 is 5.73 Å². The lowest BCUT2D eigenvalue weighted by molar-refractivity contribution is 0.249. The van der Waals surface area contributed by atoms with E-state index in [1.807, 2.05) is 0 Å². The van der Waals surface area contributed by atoms with Crippen LogP contribution in [0.4, 0.5) is 0 Å². The van der Waals surface area contributed by atoms with Gasteiger partial charge in [0, 0.05) is 18.7 Å². The number of hydrogen-bond donors (Lipinski definition) is 1. The molecule has 0 unspecified atom stereocenters. The SMILES string of the molecule is CN(C1CCC1)S(=O)(=O)c1cc(C(N)=S)ccc1Cl. The molecule has 0 aliphatic heterocycles. The van der Waals surface area contributed by atoms with E-state index in [4.69, 9.17) is 29.6 Å². The molecule has 19 heavy (non-hydrogen) atoms. The summed E-state index contributed by atoms with van der Waals surface area (Å²) in [6.07, 6.45) is 2.84. The molecule has 7 heteroatoms. The lowest BCUT2D eigenvalue weighted by Gasteiger charge is -2.34. The highest BCUT2D eigenvalue weighted by Crippen LogP contribution is 2.31. The van der Waals surface area contributed by atoms with Gasteiger partial charge in [-0.15, -0.1) is 0 Å². The Morgan fingerprint density at radius 1 is 1.47 bits per heavy atom. The third kappa shape index (κ3) is 2.76. The average molecular weight is 319 g/mol. The van der Waals surface area contributed by atoms with E-state index in [9.17, 15) is 8.42 Å². The zero-order valence-electron chi connectivity index (χ0n) is 10.5. The minimum absolute atomic E-state index is 0.0638. The van der Waals surface area contributed by atoms with E-state index in [0.717, 1.165) is 19.3 Å². The van der Waals surface area contributed by atoms with Crippen LogP contribution in [0.15, 0.2) is 23.1 Å². The Labute approximate surface area is 123 Å². The summed E-state index contributed by atoms with van der Waals surface area (Å²) in [6.45, 7) is 0. The van der Waals surface area contributed by atoms with Crippen molar-refractivity contribution in [2.45, 2.75) is 30.2 Å². The van der Waals surface area contributed by atoms with Crippen LogP contribution in [0.3, 0.4) is 0 Å². The normalized spacial score (nSPS) is 16.4. The molecule has 0 spiro atoms. The van der Waals surface area contributed by atoms with Crippen molar-refractivity contribution < 1.29 is 8.42 Å². The van der Waals surface area contributed by atoms with Gasteiger partial charge in [0.05, 0.1) is 5.02 Å². The van der Waals surface area contributed by atoms with E-state index in [1.165, 1.54) is 16.4 Å². The van der Waals surface area contributed by atoms with E-state index >= 15 is 0 Å². The molecule has 1 aromatic rings. The molecule has 1 fully saturated rings. The Kier molecular flexibility index (Phi) is 4.15. The second-order valence-corrected chi connectivity index (χ2v) is 7.43. The molecule has 0 heterocycles. The van der Waals surface area contributed by atoms with Crippen molar-refractivity contribution in [3.05, 3.63) is 28.8 Å². The summed E-state index contributed by atoms with van der Waals surface area (Å²) in [5.74, 6) is 0. The summed E-state index contributed by atoms with van der Waals surface area (Å²) in [6, 6.07) is 4.63. The molecule has 1 aliphatic carbocycles. The molecule has 0 radical (unpaired) electrons. The van der Waals surface area contributed by atoms with Gasteiger partial charge in [0.2, 0.25) is 10.0 Å². The minimum Gasteiger partial charge on any atom is -0.389 e. The van der Waals surface area contributed by atoms with E-state index in [1.54, 1.807) is 13.1 Å². The summed E-state index contributed by atoms with van der Waals surface area (Å²) in [5.41, 5.74) is 6.03. The van der Waals surface area contributed by atoms with Crippen molar-refractivity contribution in [2.24, 2.45) is 5.73 Å². The number of halogens is 1. The predicted molar refractivity (Wildman–Crippen MR) is 79.9 cm³/mol. The Hall–Kier alpha value is -0.690. The number of nitrogens with zero attached hydrogens (tertiary/aromatic N) is 1. The van der Waals surface area contributed by atoms with Gasteiger partial charge in [0.15, 0.2) is 0 Å². The highest BCUT2D eigenvalue weighted by Gasteiger charge is 2.33. The number of hydrogen-bond acceptors (Lipinski definition) is 3. The standard InChI is InChI=1S/C12H15ClN2O2S2/c1-15(9-3-2-4-9)19(16,17)11-7-8(12(14)18)5-6-10(11)13/h5-7,9H,2-4H2,1H3,(H2,14,18). The van der Waals surface area contributed by atoms with E-state index in [2.05, 4.69) is 0 Å². The Balaban J connectivity index is 2.44. The maximum absolute atomic E-state index is 12.5. The molecule has 1 saturated carbocycles. The Morgan fingerprint density at radius 2 is 2.11 bits per heavy atom. The third-order valence-electron chi connectivity index (χ3n) is 3.46. The van der Waals surface area contributed by atoms with Gasteiger partial charge in [-0.05, 0) is 25.0 Å². The lowest BCUT2D eigenvalue weighted by atomic mass is 9.94. The predicted octanol–water partition coefficient (Wildman–Crippen LogP) is 2.15. The highest BCUT2D eigenvalue weighted by atomic mass is 35.5. The number of benzene rings is 1. The zero-order valence-corrected chi connectivity index (χ0v) is 12.9. The summed E-state index contributed by atoms with van der Waals surface area (Å²) in [7, 11) is -2.01. The number of rotatable bonds is 4. The largest absolute Gasteiger partial charge is 0.389 e. The molecule has 2 N–H and O–H groups in total. The molecule has 0 saturated heterocycles. The molecule has 2 rings (SSSR count). The van der Waals surface area contributed by atoms with Crippen molar-refractivity contribution in [1.82, 2.24) is 4.31 Å². The molecule has 4 nitrogen and oxygen atoms in total. The van der Waals surface area contributed by atoms with Gasteiger partial charge >= 0.3 is 0 Å². The summed E-state index contributed by atoms with van der Waals surface area (Å²) in [5, 5.41) is 0.186. The fraction of sp³-hybridized carbons (Fsp3) is 0.417. The Bertz CT molecular complexity index is 612. The molecule has 1 aromatic carbocycles. The fourth-order valence-corrected chi connectivity index (χ4v) is 4.00. The minimum atomic E-state index is -3.60. The van der Waals surface area contributed by atoms with Crippen LogP contribution in [-0.4, -0.2) is 30.8 Å².